The zero-order chi connectivity index (χ0) is 56.9. The Morgan fingerprint density at radius 1 is 0.480 bits per heavy atom. The van der Waals surface area contributed by atoms with E-state index < -0.39 is 0 Å². The first-order chi connectivity index (χ1) is 35.0. The monoisotopic (exact) mass is 1050 g/mol. The van der Waals surface area contributed by atoms with Crippen molar-refractivity contribution in [3.8, 4) is 0 Å². The summed E-state index contributed by atoms with van der Waals surface area (Å²) in [6, 6.07) is 0. The van der Waals surface area contributed by atoms with Gasteiger partial charge in [-0.1, -0.05) is 111 Å². The number of carbonyl (C=O) groups is 6. The highest BCUT2D eigenvalue weighted by molar-refractivity contribution is 5.84. The molecule has 4 fully saturated rings. The van der Waals surface area contributed by atoms with Gasteiger partial charge in [0, 0.05) is 156 Å². The molecule has 4 saturated heterocycles. The van der Waals surface area contributed by atoms with E-state index in [1.165, 1.54) is 57.8 Å². The highest BCUT2D eigenvalue weighted by Gasteiger charge is 2.29. The quantitative estimate of drug-likeness (QED) is 0.231. The molecular formula is C60H109N9O6. The van der Waals surface area contributed by atoms with Gasteiger partial charge >= 0.3 is 0 Å². The molecule has 430 valence electrons. The topological polar surface area (TPSA) is 165 Å². The Kier molecular flexibility index (Phi) is 32.1. The van der Waals surface area contributed by atoms with Crippen molar-refractivity contribution in [2.45, 2.75) is 208 Å². The van der Waals surface area contributed by atoms with Crippen molar-refractivity contribution in [1.29, 1.82) is 0 Å². The first-order valence-corrected chi connectivity index (χ1v) is 29.0. The Labute approximate surface area is 456 Å². The van der Waals surface area contributed by atoms with Crippen molar-refractivity contribution < 1.29 is 28.8 Å². The molecule has 15 heteroatoms. The van der Waals surface area contributed by atoms with Gasteiger partial charge in [0.05, 0.1) is 0 Å². The molecule has 0 saturated carbocycles. The van der Waals surface area contributed by atoms with E-state index in [0.717, 1.165) is 96.6 Å². The van der Waals surface area contributed by atoms with Crippen LogP contribution in [0.2, 0.25) is 0 Å². The van der Waals surface area contributed by atoms with Crippen LogP contribution in [-0.4, -0.2) is 151 Å². The van der Waals surface area contributed by atoms with Crippen LogP contribution in [0.5, 0.6) is 0 Å². The summed E-state index contributed by atoms with van der Waals surface area (Å²) in [6.45, 7) is 45.5. The van der Waals surface area contributed by atoms with E-state index >= 15 is 0 Å². The minimum Gasteiger partial charge on any atom is -0.349 e. The smallest absolute Gasteiger partial charge is 0.228 e. The van der Waals surface area contributed by atoms with E-state index in [-0.39, 0.29) is 45.7 Å². The molecule has 0 radical (unpaired) electrons. The minimum absolute atomic E-state index is 0.174. The van der Waals surface area contributed by atoms with Gasteiger partial charge in [-0.15, -0.1) is 0 Å². The summed E-state index contributed by atoms with van der Waals surface area (Å²) in [5.41, 5.74) is -0.690. The average Bonchev–Trinajstić information content (AvgIpc) is 4.10. The third-order valence-corrected chi connectivity index (χ3v) is 13.8. The van der Waals surface area contributed by atoms with Crippen molar-refractivity contribution in [3.63, 3.8) is 0 Å². The number of carbonyl (C=O) groups excluding carboxylic acids is 6. The normalized spacial score (nSPS) is 16.4. The lowest BCUT2D eigenvalue weighted by atomic mass is 9.88. The molecule has 6 heterocycles. The Bertz CT molecular complexity index is 1830. The second kappa shape index (κ2) is 35.1. The Hall–Kier alpha value is -4.40. The molecule has 4 aliphatic heterocycles. The van der Waals surface area contributed by atoms with Crippen molar-refractivity contribution in [2.24, 2.45) is 34.0 Å². The highest BCUT2D eigenvalue weighted by Crippen LogP contribution is 2.21. The number of imidazole rings is 2. The number of piperidine rings is 3. The van der Waals surface area contributed by atoms with Crippen LogP contribution in [0.4, 0.5) is 0 Å². The number of aromatic nitrogens is 4. The first kappa shape index (κ1) is 68.6. The molecule has 0 aliphatic carbocycles. The van der Waals surface area contributed by atoms with Crippen molar-refractivity contribution in [1.82, 2.24) is 44.0 Å². The Morgan fingerprint density at radius 2 is 0.867 bits per heavy atom. The van der Waals surface area contributed by atoms with E-state index in [1.54, 1.807) is 18.6 Å². The van der Waals surface area contributed by atoms with Gasteiger partial charge in [0.25, 0.3) is 0 Å². The van der Waals surface area contributed by atoms with Crippen LogP contribution in [0.1, 0.15) is 200 Å². The third kappa shape index (κ3) is 28.0. The standard InChI is InChI=1S/C12H20N2O.C11H22N2O.C10H16N2O.3C9H17NO/c1-5-14-9-8-13-11(14)7-6-10(15)12(2,3)4;1-5-12-6-8-13(9-7-12)10(14)11(2,3)4;1-10(2,3)8(13)4-5-9-11-6-7-12-9;3*1-8(2)9(11)10-6-4-3-5-7-10/h8-9H,5-7H2,1-4H3;5-9H2,1-4H3;6-7H,4-5H2,1-3H3,(H,11,12);3*8H,3-7H2,1-2H3. The van der Waals surface area contributed by atoms with Gasteiger partial charge in [-0.3, -0.25) is 28.8 Å². The lowest BCUT2D eigenvalue weighted by Crippen LogP contribution is -2.51. The summed E-state index contributed by atoms with van der Waals surface area (Å²) in [5, 5.41) is 0. The van der Waals surface area contributed by atoms with Gasteiger partial charge in [-0.25, -0.2) is 9.97 Å². The van der Waals surface area contributed by atoms with Gasteiger partial charge in [0.15, 0.2) is 0 Å². The molecule has 0 unspecified atom stereocenters. The zero-order valence-corrected chi connectivity index (χ0v) is 50.7. The lowest BCUT2D eigenvalue weighted by molar-refractivity contribution is -0.141. The lowest BCUT2D eigenvalue weighted by Gasteiger charge is -2.37. The van der Waals surface area contributed by atoms with Crippen LogP contribution in [0.25, 0.3) is 0 Å². The predicted octanol–water partition coefficient (Wildman–Crippen LogP) is 10.6. The fourth-order valence-electron chi connectivity index (χ4n) is 8.68. The molecular weight excluding hydrogens is 943 g/mol. The largest absolute Gasteiger partial charge is 0.349 e. The van der Waals surface area contributed by atoms with Crippen molar-refractivity contribution >= 4 is 35.2 Å². The Morgan fingerprint density at radius 3 is 1.17 bits per heavy atom. The number of piperazine rings is 1. The summed E-state index contributed by atoms with van der Waals surface area (Å²) in [7, 11) is 0. The number of likely N-dealkylation sites (tertiary alicyclic amines) is 3. The summed E-state index contributed by atoms with van der Waals surface area (Å²) in [6.07, 6.45) is 20.9. The molecule has 0 spiro atoms. The van der Waals surface area contributed by atoms with E-state index in [0.29, 0.717) is 42.8 Å². The molecule has 2 aromatic heterocycles. The zero-order valence-electron chi connectivity index (χ0n) is 50.7. The van der Waals surface area contributed by atoms with Crippen LogP contribution < -0.4 is 0 Å². The Balaban J connectivity index is 0.000000452. The summed E-state index contributed by atoms with van der Waals surface area (Å²) < 4.78 is 2.08. The van der Waals surface area contributed by atoms with Crippen LogP contribution >= 0.6 is 0 Å². The SMILES string of the molecule is CC(C)(C)C(=O)CCc1ncc[nH]1.CC(C)C(=O)N1CCCCC1.CC(C)C(=O)N1CCCCC1.CC(C)C(=O)N1CCCCC1.CCN1CCN(C(=O)C(C)(C)C)CC1.CCn1ccnc1CCC(=O)C(C)(C)C. The molecule has 0 aromatic carbocycles. The van der Waals surface area contributed by atoms with E-state index in [4.69, 9.17) is 0 Å². The highest BCUT2D eigenvalue weighted by atomic mass is 16.2. The number of amides is 4. The fourth-order valence-corrected chi connectivity index (χ4v) is 8.68. The maximum atomic E-state index is 11.9. The van der Waals surface area contributed by atoms with Crippen LogP contribution in [0.3, 0.4) is 0 Å². The number of H-pyrrole nitrogens is 1. The molecule has 2 aromatic rings. The number of likely N-dealkylation sites (N-methyl/N-ethyl adjacent to an activating group) is 1. The number of ketones is 2. The molecule has 0 atom stereocenters. The minimum atomic E-state index is -0.233. The van der Waals surface area contributed by atoms with Gasteiger partial charge < -0.3 is 34.1 Å². The number of hydrogen-bond donors (Lipinski definition) is 1. The fraction of sp³-hybridized carbons (Fsp3) is 0.800. The van der Waals surface area contributed by atoms with Crippen LogP contribution in [-0.2, 0) is 48.2 Å². The van der Waals surface area contributed by atoms with E-state index in [2.05, 4.69) is 38.3 Å². The first-order valence-electron chi connectivity index (χ1n) is 29.0. The number of hydrogen-bond acceptors (Lipinski definition) is 9. The van der Waals surface area contributed by atoms with Crippen molar-refractivity contribution in [2.75, 3.05) is 72.0 Å². The van der Waals surface area contributed by atoms with Crippen LogP contribution in [0.15, 0.2) is 24.8 Å². The van der Waals surface area contributed by atoms with Gasteiger partial charge in [-0.2, -0.15) is 0 Å². The maximum Gasteiger partial charge on any atom is 0.228 e. The molecule has 4 amide bonds. The maximum absolute atomic E-state index is 11.9. The van der Waals surface area contributed by atoms with E-state index in [9.17, 15) is 28.8 Å². The molecule has 0 bridgehead atoms. The molecule has 6 rings (SSSR count). The summed E-state index contributed by atoms with van der Waals surface area (Å²) >= 11 is 0. The predicted molar refractivity (Wildman–Crippen MR) is 306 cm³/mol. The second-order valence-electron chi connectivity index (χ2n) is 24.6. The van der Waals surface area contributed by atoms with Gasteiger partial charge in [-0.05, 0) is 71.3 Å². The number of aromatic amines is 1. The third-order valence-electron chi connectivity index (χ3n) is 13.8. The average molecular weight is 1050 g/mol. The van der Waals surface area contributed by atoms with Gasteiger partial charge in [0.2, 0.25) is 23.6 Å². The number of nitrogens with one attached hydrogen (secondary N) is 1. The van der Waals surface area contributed by atoms with Crippen molar-refractivity contribution in [3.05, 3.63) is 36.4 Å². The second-order valence-corrected chi connectivity index (χ2v) is 24.6. The number of aryl methyl sites for hydroxylation is 3. The molecule has 1 N–H and O–H groups in total. The van der Waals surface area contributed by atoms with E-state index in [1.807, 2.05) is 130 Å². The summed E-state index contributed by atoms with van der Waals surface area (Å²) in [5.74, 6) is 4.26. The number of rotatable bonds is 11. The molecule has 4 aliphatic rings. The molecule has 15 nitrogen and oxygen atoms in total. The number of nitrogens with zero attached hydrogens (tertiary/aromatic N) is 8. The number of Topliss-reactive ketones (excluding diaryl/α,β-unsaturated/α-hetero) is 2. The van der Waals surface area contributed by atoms with Crippen LogP contribution in [0, 0.1) is 34.0 Å². The summed E-state index contributed by atoms with van der Waals surface area (Å²) in [4.78, 5) is 91.1. The molecule has 75 heavy (non-hydrogen) atoms. The van der Waals surface area contributed by atoms with Gasteiger partial charge in [0.1, 0.15) is 23.2 Å².